The normalized spacial score (nSPS) is 18.1. The third-order valence-electron chi connectivity index (χ3n) is 4.57. The molecule has 1 aliphatic rings. The summed E-state index contributed by atoms with van der Waals surface area (Å²) in [5.74, 6) is 2.72. The second-order valence-corrected chi connectivity index (χ2v) is 7.09. The number of benzene rings is 1. The maximum absolute atomic E-state index is 6.10. The van der Waals surface area contributed by atoms with Crippen molar-refractivity contribution in [1.82, 2.24) is 25.4 Å². The lowest BCUT2D eigenvalue weighted by atomic mass is 9.90. The van der Waals surface area contributed by atoms with E-state index in [1.54, 1.807) is 13.4 Å². The Morgan fingerprint density at radius 2 is 2.15 bits per heavy atom. The van der Waals surface area contributed by atoms with Gasteiger partial charge >= 0.3 is 0 Å². The van der Waals surface area contributed by atoms with E-state index in [2.05, 4.69) is 57.2 Å². The van der Waals surface area contributed by atoms with Gasteiger partial charge in [0.25, 0.3) is 0 Å². The summed E-state index contributed by atoms with van der Waals surface area (Å²) in [5.41, 5.74) is 0.950. The van der Waals surface area contributed by atoms with Gasteiger partial charge in [-0.15, -0.1) is 34.2 Å². The molecular formula is C19H29IN6O. The van der Waals surface area contributed by atoms with Gasteiger partial charge in [-0.1, -0.05) is 25.1 Å². The average molecular weight is 484 g/mol. The molecule has 2 heterocycles. The number of aryl methyl sites for hydroxylation is 1. The highest BCUT2D eigenvalue weighted by atomic mass is 127. The van der Waals surface area contributed by atoms with Crippen LogP contribution in [0.1, 0.15) is 44.6 Å². The molecule has 0 fully saturated rings. The summed E-state index contributed by atoms with van der Waals surface area (Å²) in [4.78, 5) is 4.38. The van der Waals surface area contributed by atoms with Crippen LogP contribution in [-0.2, 0) is 13.0 Å². The summed E-state index contributed by atoms with van der Waals surface area (Å²) in [6, 6.07) is 8.35. The molecule has 1 aliphatic heterocycles. The second-order valence-electron chi connectivity index (χ2n) is 7.09. The van der Waals surface area contributed by atoms with Crippen LogP contribution in [0.3, 0.4) is 0 Å². The molecule has 0 saturated carbocycles. The molecule has 1 aromatic carbocycles. The molecule has 1 unspecified atom stereocenters. The number of halogens is 1. The molecule has 0 amide bonds. The van der Waals surface area contributed by atoms with Gasteiger partial charge in [0.1, 0.15) is 23.5 Å². The first-order valence-corrected chi connectivity index (χ1v) is 9.14. The van der Waals surface area contributed by atoms with Gasteiger partial charge in [-0.05, 0) is 19.9 Å². The van der Waals surface area contributed by atoms with Crippen LogP contribution in [0.5, 0.6) is 5.75 Å². The number of aromatic nitrogens is 3. The monoisotopic (exact) mass is 484 g/mol. The van der Waals surface area contributed by atoms with Gasteiger partial charge in [0.05, 0.1) is 6.04 Å². The zero-order chi connectivity index (χ0) is 18.6. The fourth-order valence-corrected chi connectivity index (χ4v) is 3.32. The Labute approximate surface area is 178 Å². The van der Waals surface area contributed by atoms with E-state index in [4.69, 9.17) is 4.74 Å². The summed E-state index contributed by atoms with van der Waals surface area (Å²) in [7, 11) is 1.79. The number of ether oxygens (including phenoxy) is 1. The quantitative estimate of drug-likeness (QED) is 0.388. The van der Waals surface area contributed by atoms with Crippen LogP contribution in [-0.4, -0.2) is 39.9 Å². The van der Waals surface area contributed by atoms with Crippen molar-refractivity contribution in [3.63, 3.8) is 0 Å². The zero-order valence-corrected chi connectivity index (χ0v) is 18.7. The van der Waals surface area contributed by atoms with Crippen LogP contribution < -0.4 is 15.4 Å². The first-order valence-electron chi connectivity index (χ1n) is 9.14. The van der Waals surface area contributed by atoms with Crippen LogP contribution in [0.25, 0.3) is 0 Å². The molecule has 3 rings (SSSR count). The second kappa shape index (κ2) is 9.38. The van der Waals surface area contributed by atoms with Gasteiger partial charge < -0.3 is 19.9 Å². The van der Waals surface area contributed by atoms with Gasteiger partial charge in [0, 0.05) is 38.5 Å². The lowest BCUT2D eigenvalue weighted by Gasteiger charge is -2.38. The van der Waals surface area contributed by atoms with E-state index >= 15 is 0 Å². The molecule has 0 spiro atoms. The predicted molar refractivity (Wildman–Crippen MR) is 118 cm³/mol. The van der Waals surface area contributed by atoms with E-state index in [1.165, 1.54) is 5.56 Å². The minimum absolute atomic E-state index is 0. The topological polar surface area (TPSA) is 76.4 Å². The SMILES string of the molecule is CCc1nncn1CCNC(=NC)NC1CC(C)(C)Oc2ccccc21.I. The molecule has 0 radical (unpaired) electrons. The molecule has 0 bridgehead atoms. The summed E-state index contributed by atoms with van der Waals surface area (Å²) in [6.07, 6.45) is 3.52. The molecule has 148 valence electrons. The highest BCUT2D eigenvalue weighted by molar-refractivity contribution is 14.0. The molecular weight excluding hydrogens is 455 g/mol. The van der Waals surface area contributed by atoms with E-state index < -0.39 is 0 Å². The zero-order valence-electron chi connectivity index (χ0n) is 16.4. The van der Waals surface area contributed by atoms with Crippen LogP contribution in [0.4, 0.5) is 0 Å². The first kappa shape index (κ1) is 21.5. The summed E-state index contributed by atoms with van der Waals surface area (Å²) < 4.78 is 8.17. The van der Waals surface area contributed by atoms with E-state index in [0.29, 0.717) is 0 Å². The number of nitrogens with one attached hydrogen (secondary N) is 2. The van der Waals surface area contributed by atoms with Crippen LogP contribution >= 0.6 is 24.0 Å². The number of hydrogen-bond acceptors (Lipinski definition) is 4. The smallest absolute Gasteiger partial charge is 0.191 e. The minimum Gasteiger partial charge on any atom is -0.487 e. The Balaban J connectivity index is 0.00000261. The molecule has 1 atom stereocenters. The molecule has 0 aliphatic carbocycles. The maximum Gasteiger partial charge on any atom is 0.191 e. The van der Waals surface area contributed by atoms with Crippen molar-refractivity contribution >= 4 is 29.9 Å². The lowest BCUT2D eigenvalue weighted by molar-refractivity contribution is 0.0694. The fourth-order valence-electron chi connectivity index (χ4n) is 3.32. The fraction of sp³-hybridized carbons (Fsp3) is 0.526. The Bertz CT molecular complexity index is 773. The molecule has 2 N–H and O–H groups in total. The number of guanidine groups is 1. The van der Waals surface area contributed by atoms with Gasteiger partial charge in [-0.25, -0.2) is 0 Å². The van der Waals surface area contributed by atoms with Gasteiger partial charge in [0.15, 0.2) is 5.96 Å². The van der Waals surface area contributed by atoms with Gasteiger partial charge in [-0.2, -0.15) is 0 Å². The van der Waals surface area contributed by atoms with Crippen LogP contribution in [0.2, 0.25) is 0 Å². The van der Waals surface area contributed by atoms with Gasteiger partial charge in [0.2, 0.25) is 0 Å². The minimum atomic E-state index is -0.219. The predicted octanol–water partition coefficient (Wildman–Crippen LogP) is 2.93. The third-order valence-corrected chi connectivity index (χ3v) is 4.57. The number of para-hydroxylation sites is 1. The van der Waals surface area contributed by atoms with E-state index in [-0.39, 0.29) is 35.6 Å². The van der Waals surface area contributed by atoms with Crippen molar-refractivity contribution in [2.75, 3.05) is 13.6 Å². The largest absolute Gasteiger partial charge is 0.487 e. The van der Waals surface area contributed by atoms with E-state index in [1.807, 2.05) is 18.2 Å². The van der Waals surface area contributed by atoms with Crippen LogP contribution in [0.15, 0.2) is 35.6 Å². The van der Waals surface area contributed by atoms with Crippen molar-refractivity contribution in [2.24, 2.45) is 4.99 Å². The summed E-state index contributed by atoms with van der Waals surface area (Å²) in [6.45, 7) is 7.86. The first-order chi connectivity index (χ1) is 12.5. The van der Waals surface area contributed by atoms with Crippen molar-refractivity contribution in [3.05, 3.63) is 42.0 Å². The molecule has 27 heavy (non-hydrogen) atoms. The van der Waals surface area contributed by atoms with Gasteiger partial charge in [-0.3, -0.25) is 4.99 Å². The molecule has 8 heteroatoms. The Morgan fingerprint density at radius 1 is 1.37 bits per heavy atom. The third kappa shape index (κ3) is 5.33. The molecule has 7 nitrogen and oxygen atoms in total. The van der Waals surface area contributed by atoms with Crippen LogP contribution in [0, 0.1) is 0 Å². The van der Waals surface area contributed by atoms with Crippen molar-refractivity contribution in [1.29, 1.82) is 0 Å². The highest BCUT2D eigenvalue weighted by Crippen LogP contribution is 2.39. The standard InChI is InChI=1S/C19H28N6O.HI/c1-5-17-24-22-13-25(17)11-10-21-18(20-4)23-15-12-19(2,3)26-16-9-7-6-8-14(15)16;/h6-9,13,15H,5,10-12H2,1-4H3,(H2,20,21,23);1H. The Morgan fingerprint density at radius 3 is 2.89 bits per heavy atom. The molecule has 0 saturated heterocycles. The number of fused-ring (bicyclic) bond motifs is 1. The summed E-state index contributed by atoms with van der Waals surface area (Å²) >= 11 is 0. The molecule has 2 aromatic rings. The maximum atomic E-state index is 6.10. The highest BCUT2D eigenvalue weighted by Gasteiger charge is 2.33. The average Bonchev–Trinajstić information content (AvgIpc) is 3.07. The summed E-state index contributed by atoms with van der Waals surface area (Å²) in [5, 5.41) is 15.0. The molecule has 1 aromatic heterocycles. The van der Waals surface area contributed by atoms with Crippen molar-refractivity contribution < 1.29 is 4.74 Å². The van der Waals surface area contributed by atoms with Crippen molar-refractivity contribution in [3.8, 4) is 5.75 Å². The Kier molecular flexibility index (Phi) is 7.46. The Hall–Kier alpha value is -1.84. The number of aliphatic imine (C=N–C) groups is 1. The number of nitrogens with zero attached hydrogens (tertiary/aromatic N) is 4. The lowest BCUT2D eigenvalue weighted by Crippen LogP contribution is -2.45. The van der Waals surface area contributed by atoms with Crippen molar-refractivity contribution in [2.45, 2.75) is 51.8 Å². The number of hydrogen-bond donors (Lipinski definition) is 2. The van der Waals surface area contributed by atoms with E-state index in [9.17, 15) is 0 Å². The van der Waals surface area contributed by atoms with E-state index in [0.717, 1.165) is 43.5 Å². The number of rotatable bonds is 5.